The topological polar surface area (TPSA) is 73.7 Å². The monoisotopic (exact) mass is 144 g/mol. The molecular weight excluding hydrogens is 140 g/mol. The summed E-state index contributed by atoms with van der Waals surface area (Å²) in [7, 11) is 0. The lowest BCUT2D eigenvalue weighted by atomic mass is 10.4. The normalized spacial score (nSPS) is 14.5. The third kappa shape index (κ3) is 1.10. The number of rotatable bonds is 1. The van der Waals surface area contributed by atoms with E-state index >= 15 is 0 Å². The molecule has 0 amide bonds. The fourth-order valence-electron chi connectivity index (χ4n) is 0.650. The van der Waals surface area contributed by atoms with Gasteiger partial charge in [0.15, 0.2) is 6.07 Å². The molecule has 1 aliphatic rings. The quantitative estimate of drug-likeness (QED) is 0.552. The maximum atomic E-state index is 8.45. The minimum absolute atomic E-state index is 0.113. The van der Waals surface area contributed by atoms with Crippen molar-refractivity contribution in [2.75, 3.05) is 0 Å². The zero-order valence-electron chi connectivity index (χ0n) is 5.63. The summed E-state index contributed by atoms with van der Waals surface area (Å²) >= 11 is 0. The predicted molar refractivity (Wildman–Crippen MR) is 38.7 cm³/mol. The standard InChI is InChI=1S/C7H4N4/c1-2-7-10-5(3-8)6(4-9)11-7/h2,10H,1H2/q+1. The molecule has 0 atom stereocenters. The van der Waals surface area contributed by atoms with Gasteiger partial charge in [0, 0.05) is 6.08 Å². The number of nitrogens with zero attached hydrogens (tertiary/aromatic N) is 3. The number of aliphatic imine (C=N–C) groups is 1. The van der Waals surface area contributed by atoms with Gasteiger partial charge < -0.3 is 0 Å². The molecule has 1 N–H and O–H groups in total. The van der Waals surface area contributed by atoms with Crippen LogP contribution in [-0.2, 0) is 0 Å². The Hall–Kier alpha value is -2.07. The number of nitrogens with one attached hydrogen (secondary N) is 1. The molecule has 0 spiro atoms. The first-order valence-electron chi connectivity index (χ1n) is 2.84. The summed E-state index contributed by atoms with van der Waals surface area (Å²) in [6.07, 6.45) is 1.45. The number of nitriles is 2. The van der Waals surface area contributed by atoms with Gasteiger partial charge in [0.1, 0.15) is 6.07 Å². The molecule has 0 fully saturated rings. The van der Waals surface area contributed by atoms with Crippen LogP contribution in [0.4, 0.5) is 0 Å². The van der Waals surface area contributed by atoms with Gasteiger partial charge in [-0.05, 0) is 4.99 Å². The van der Waals surface area contributed by atoms with Crippen LogP contribution < -0.4 is 10.3 Å². The summed E-state index contributed by atoms with van der Waals surface area (Å²) in [6, 6.07) is 3.60. The Kier molecular flexibility index (Phi) is 1.71. The van der Waals surface area contributed by atoms with Crippen LogP contribution in [0, 0.1) is 22.7 Å². The SMILES string of the molecule is C=CC1=[N+]C(C#N)=C(C#N)N1. The average molecular weight is 144 g/mol. The second-order valence-electron chi connectivity index (χ2n) is 1.77. The maximum Gasteiger partial charge on any atom is 0.323 e. The van der Waals surface area contributed by atoms with Crippen molar-refractivity contribution in [3.05, 3.63) is 24.0 Å². The Labute approximate surface area is 63.8 Å². The van der Waals surface area contributed by atoms with Gasteiger partial charge in [0.2, 0.25) is 0 Å². The molecule has 0 aromatic heterocycles. The lowest BCUT2D eigenvalue weighted by Gasteiger charge is -1.79. The molecule has 4 heteroatoms. The van der Waals surface area contributed by atoms with E-state index in [4.69, 9.17) is 10.5 Å². The number of hydrogen-bond donors (Lipinski definition) is 1. The van der Waals surface area contributed by atoms with Crippen LogP contribution in [0.15, 0.2) is 24.0 Å². The van der Waals surface area contributed by atoms with Gasteiger partial charge in [0.25, 0.3) is 5.70 Å². The van der Waals surface area contributed by atoms with Crippen molar-refractivity contribution in [1.82, 2.24) is 10.3 Å². The molecule has 0 aromatic rings. The molecular formula is C7H4N4+. The van der Waals surface area contributed by atoms with Crippen LogP contribution in [0.5, 0.6) is 0 Å². The second-order valence-corrected chi connectivity index (χ2v) is 1.77. The number of amidine groups is 1. The molecule has 1 aliphatic heterocycles. The van der Waals surface area contributed by atoms with Crippen molar-refractivity contribution in [1.29, 1.82) is 10.5 Å². The van der Waals surface area contributed by atoms with Crippen molar-refractivity contribution < 1.29 is 0 Å². The number of allylic oxidation sites excluding steroid dienone is 2. The Morgan fingerprint density at radius 2 is 2.18 bits per heavy atom. The zero-order valence-corrected chi connectivity index (χ0v) is 5.63. The van der Waals surface area contributed by atoms with Gasteiger partial charge in [-0.15, -0.1) is 0 Å². The van der Waals surface area contributed by atoms with Crippen LogP contribution in [0.3, 0.4) is 0 Å². The van der Waals surface area contributed by atoms with E-state index in [0.29, 0.717) is 5.84 Å². The lowest BCUT2D eigenvalue weighted by Crippen LogP contribution is -2.16. The van der Waals surface area contributed by atoms with Crippen molar-refractivity contribution in [3.63, 3.8) is 0 Å². The van der Waals surface area contributed by atoms with Crippen LogP contribution in [-0.4, -0.2) is 5.84 Å². The van der Waals surface area contributed by atoms with Gasteiger partial charge in [-0.1, -0.05) is 6.58 Å². The summed E-state index contributed by atoms with van der Waals surface area (Å²) in [5.74, 6) is 0.443. The van der Waals surface area contributed by atoms with E-state index in [9.17, 15) is 0 Å². The smallest absolute Gasteiger partial charge is 0.224 e. The molecule has 1 rings (SSSR count). The molecule has 51 valence electrons. The van der Waals surface area contributed by atoms with E-state index in [-0.39, 0.29) is 11.4 Å². The first kappa shape index (κ1) is 7.04. The molecule has 11 heavy (non-hydrogen) atoms. The van der Waals surface area contributed by atoms with Crippen LogP contribution >= 0.6 is 0 Å². The van der Waals surface area contributed by atoms with Gasteiger partial charge in [-0.25, -0.2) is 5.32 Å². The van der Waals surface area contributed by atoms with Crippen LogP contribution in [0.2, 0.25) is 0 Å². The van der Waals surface area contributed by atoms with Gasteiger partial charge in [-0.2, -0.15) is 10.5 Å². The fraction of sp³-hybridized carbons (Fsp3) is 0. The summed E-state index contributed by atoms with van der Waals surface area (Å²) in [4.78, 5) is 3.76. The second kappa shape index (κ2) is 2.68. The summed E-state index contributed by atoms with van der Waals surface area (Å²) in [5.41, 5.74) is 0.296. The van der Waals surface area contributed by atoms with Crippen molar-refractivity contribution in [2.24, 2.45) is 0 Å². The van der Waals surface area contributed by atoms with E-state index in [1.54, 1.807) is 6.07 Å². The van der Waals surface area contributed by atoms with Gasteiger partial charge in [0.05, 0.1) is 0 Å². The van der Waals surface area contributed by atoms with Crippen LogP contribution in [0.25, 0.3) is 0 Å². The first-order chi connectivity index (χ1) is 5.31. The highest BCUT2D eigenvalue weighted by atomic mass is 15.1. The van der Waals surface area contributed by atoms with Gasteiger partial charge >= 0.3 is 11.5 Å². The van der Waals surface area contributed by atoms with Gasteiger partial charge in [-0.3, -0.25) is 0 Å². The van der Waals surface area contributed by atoms with Crippen molar-refractivity contribution in [3.8, 4) is 12.1 Å². The van der Waals surface area contributed by atoms with Crippen LogP contribution in [0.1, 0.15) is 0 Å². The maximum absolute atomic E-state index is 8.45. The molecule has 0 aromatic carbocycles. The third-order valence-electron chi connectivity index (χ3n) is 1.13. The molecule has 0 saturated carbocycles. The Bertz CT molecular complexity index is 334. The average Bonchev–Trinajstić information content (AvgIpc) is 2.46. The lowest BCUT2D eigenvalue weighted by molar-refractivity contribution is 1.21. The zero-order chi connectivity index (χ0) is 8.27. The third-order valence-corrected chi connectivity index (χ3v) is 1.13. The molecule has 0 aliphatic carbocycles. The Morgan fingerprint density at radius 1 is 1.45 bits per heavy atom. The summed E-state index contributed by atoms with van der Waals surface area (Å²) < 4.78 is 0. The summed E-state index contributed by atoms with van der Waals surface area (Å²) in [6.45, 7) is 3.44. The van der Waals surface area contributed by atoms with Crippen molar-refractivity contribution >= 4 is 5.84 Å². The van der Waals surface area contributed by atoms with E-state index in [1.807, 2.05) is 6.07 Å². The largest absolute Gasteiger partial charge is 0.323 e. The highest BCUT2D eigenvalue weighted by Crippen LogP contribution is 2.00. The van der Waals surface area contributed by atoms with Crippen molar-refractivity contribution in [2.45, 2.75) is 0 Å². The van der Waals surface area contributed by atoms with E-state index in [0.717, 1.165) is 0 Å². The molecule has 4 nitrogen and oxygen atoms in total. The predicted octanol–water partition coefficient (Wildman–Crippen LogP) is -0.231. The van der Waals surface area contributed by atoms with E-state index < -0.39 is 0 Å². The Morgan fingerprint density at radius 3 is 2.55 bits per heavy atom. The first-order valence-corrected chi connectivity index (χ1v) is 2.84. The molecule has 0 bridgehead atoms. The minimum atomic E-state index is 0.113. The highest BCUT2D eigenvalue weighted by molar-refractivity contribution is 5.96. The summed E-state index contributed by atoms with van der Waals surface area (Å²) in [5, 5.41) is 19.5. The minimum Gasteiger partial charge on any atom is -0.224 e. The molecule has 0 unspecified atom stereocenters. The molecule has 1 radical (unpaired) electrons. The highest BCUT2D eigenvalue weighted by Gasteiger charge is 2.25. The Balaban J connectivity index is 3.00. The fourth-order valence-corrected chi connectivity index (χ4v) is 0.650. The molecule has 1 heterocycles. The number of hydrogen-bond acceptors (Lipinski definition) is 4. The van der Waals surface area contributed by atoms with E-state index in [2.05, 4.69) is 16.9 Å². The molecule has 0 saturated heterocycles. The van der Waals surface area contributed by atoms with E-state index in [1.165, 1.54) is 6.08 Å².